The first-order valence-electron chi connectivity index (χ1n) is 10.0. The molecule has 3 rings (SSSR count). The number of aromatic nitrogens is 1. The number of carbonyl (C=O) groups is 2. The van der Waals surface area contributed by atoms with E-state index in [9.17, 15) is 9.59 Å². The maximum absolute atomic E-state index is 12.8. The van der Waals surface area contributed by atoms with E-state index < -0.39 is 12.1 Å². The summed E-state index contributed by atoms with van der Waals surface area (Å²) in [6, 6.07) is 14.2. The third kappa shape index (κ3) is 5.13. The number of rotatable bonds is 8. The second kappa shape index (κ2) is 9.67. The minimum atomic E-state index is -0.713. The fourth-order valence-electron chi connectivity index (χ4n) is 3.73. The van der Waals surface area contributed by atoms with E-state index in [2.05, 4.69) is 15.6 Å². The van der Waals surface area contributed by atoms with E-state index in [4.69, 9.17) is 17.3 Å². The minimum Gasteiger partial charge on any atom is -0.361 e. The van der Waals surface area contributed by atoms with Crippen molar-refractivity contribution in [2.45, 2.75) is 32.2 Å². The third-order valence-electron chi connectivity index (χ3n) is 5.10. The SMILES string of the molecule is CC(C)CC(NC(N)=O)C(=O)NCC(c1ccccc1Cl)c1c[nH]c2ccccc12. The number of hydrogen-bond acceptors (Lipinski definition) is 2. The Morgan fingerprint density at radius 2 is 1.77 bits per heavy atom. The van der Waals surface area contributed by atoms with Gasteiger partial charge in [-0.25, -0.2) is 4.79 Å². The molecule has 0 radical (unpaired) electrons. The van der Waals surface area contributed by atoms with Crippen LogP contribution in [-0.4, -0.2) is 29.5 Å². The van der Waals surface area contributed by atoms with Crippen LogP contribution in [0.15, 0.2) is 54.7 Å². The number of nitrogens with one attached hydrogen (secondary N) is 3. The molecule has 0 aliphatic rings. The van der Waals surface area contributed by atoms with Crippen LogP contribution >= 0.6 is 11.6 Å². The molecular formula is C23H27ClN4O2. The van der Waals surface area contributed by atoms with E-state index in [1.807, 2.05) is 68.6 Å². The van der Waals surface area contributed by atoms with Crippen molar-refractivity contribution in [2.24, 2.45) is 11.7 Å². The molecule has 5 N–H and O–H groups in total. The quantitative estimate of drug-likeness (QED) is 0.435. The highest BCUT2D eigenvalue weighted by Crippen LogP contribution is 2.34. The third-order valence-corrected chi connectivity index (χ3v) is 5.44. The number of hydrogen-bond donors (Lipinski definition) is 4. The molecule has 0 saturated heterocycles. The lowest BCUT2D eigenvalue weighted by Gasteiger charge is -2.23. The Labute approximate surface area is 181 Å². The molecule has 0 fully saturated rings. The number of benzene rings is 2. The molecule has 2 aromatic carbocycles. The number of fused-ring (bicyclic) bond motifs is 1. The van der Waals surface area contributed by atoms with Gasteiger partial charge >= 0.3 is 6.03 Å². The van der Waals surface area contributed by atoms with Crippen LogP contribution in [0.4, 0.5) is 4.79 Å². The summed E-state index contributed by atoms with van der Waals surface area (Å²) in [5, 5.41) is 7.25. The van der Waals surface area contributed by atoms with Gasteiger partial charge in [-0.2, -0.15) is 0 Å². The minimum absolute atomic E-state index is 0.160. The first-order valence-corrected chi connectivity index (χ1v) is 10.4. The maximum atomic E-state index is 12.8. The number of halogens is 1. The molecule has 6 nitrogen and oxygen atoms in total. The number of primary amides is 1. The standard InChI is InChI=1S/C23H27ClN4O2/c1-14(2)11-21(28-23(25)30)22(29)27-13-17(15-7-3-5-9-19(15)24)18-12-26-20-10-6-4-8-16(18)20/h3-10,12,14,17,21,26H,11,13H2,1-2H3,(H,27,29)(H3,25,28,30). The predicted molar refractivity (Wildman–Crippen MR) is 121 cm³/mol. The Kier molecular flexibility index (Phi) is 7.00. The first-order chi connectivity index (χ1) is 14.4. The molecule has 0 aliphatic carbocycles. The van der Waals surface area contributed by atoms with Crippen molar-refractivity contribution in [3.8, 4) is 0 Å². The monoisotopic (exact) mass is 426 g/mol. The van der Waals surface area contributed by atoms with Crippen molar-refractivity contribution in [1.29, 1.82) is 0 Å². The van der Waals surface area contributed by atoms with E-state index >= 15 is 0 Å². The molecular weight excluding hydrogens is 400 g/mol. The Morgan fingerprint density at radius 1 is 1.07 bits per heavy atom. The first kappa shape index (κ1) is 21.7. The van der Waals surface area contributed by atoms with Crippen LogP contribution in [0.25, 0.3) is 10.9 Å². The smallest absolute Gasteiger partial charge is 0.312 e. The van der Waals surface area contributed by atoms with E-state index in [-0.39, 0.29) is 17.7 Å². The van der Waals surface area contributed by atoms with Gasteiger partial charge in [0.25, 0.3) is 0 Å². The highest BCUT2D eigenvalue weighted by Gasteiger charge is 2.25. The molecule has 2 atom stereocenters. The van der Waals surface area contributed by atoms with Gasteiger partial charge in [0.1, 0.15) is 6.04 Å². The van der Waals surface area contributed by atoms with E-state index in [0.717, 1.165) is 22.0 Å². The summed E-state index contributed by atoms with van der Waals surface area (Å²) in [5.74, 6) is -0.202. The molecule has 7 heteroatoms. The van der Waals surface area contributed by atoms with Crippen LogP contribution in [0.1, 0.15) is 37.3 Å². The van der Waals surface area contributed by atoms with Crippen LogP contribution in [-0.2, 0) is 4.79 Å². The zero-order valence-electron chi connectivity index (χ0n) is 17.1. The largest absolute Gasteiger partial charge is 0.361 e. The van der Waals surface area contributed by atoms with Gasteiger partial charge in [-0.05, 0) is 35.6 Å². The molecule has 0 aliphatic heterocycles. The summed E-state index contributed by atoms with van der Waals surface area (Å²) in [6.07, 6.45) is 2.46. The zero-order valence-corrected chi connectivity index (χ0v) is 17.9. The fourth-order valence-corrected chi connectivity index (χ4v) is 4.00. The average molecular weight is 427 g/mol. The maximum Gasteiger partial charge on any atom is 0.312 e. The van der Waals surface area contributed by atoms with Crippen molar-refractivity contribution >= 4 is 34.4 Å². The van der Waals surface area contributed by atoms with E-state index in [1.54, 1.807) is 0 Å². The number of aromatic amines is 1. The normalized spacial score (nSPS) is 13.2. The summed E-state index contributed by atoms with van der Waals surface area (Å²) < 4.78 is 0. The molecule has 3 amide bonds. The zero-order chi connectivity index (χ0) is 21.7. The lowest BCUT2D eigenvalue weighted by Crippen LogP contribution is -2.49. The van der Waals surface area contributed by atoms with Gasteiger partial charge in [0, 0.05) is 34.6 Å². The Balaban J connectivity index is 1.89. The van der Waals surface area contributed by atoms with Crippen LogP contribution in [0.2, 0.25) is 5.02 Å². The summed E-state index contributed by atoms with van der Waals surface area (Å²) in [6.45, 7) is 4.31. The highest BCUT2D eigenvalue weighted by atomic mass is 35.5. The number of para-hydroxylation sites is 1. The molecule has 158 valence electrons. The van der Waals surface area contributed by atoms with Crippen LogP contribution in [0, 0.1) is 5.92 Å². The number of carbonyl (C=O) groups excluding carboxylic acids is 2. The van der Waals surface area contributed by atoms with Crippen molar-refractivity contribution in [3.63, 3.8) is 0 Å². The molecule has 30 heavy (non-hydrogen) atoms. The Hall–Kier alpha value is -2.99. The second-order valence-corrected chi connectivity index (χ2v) is 8.21. The lowest BCUT2D eigenvalue weighted by atomic mass is 9.90. The number of nitrogens with two attached hydrogens (primary N) is 1. The van der Waals surface area contributed by atoms with Crippen LogP contribution in [0.5, 0.6) is 0 Å². The number of urea groups is 1. The molecule has 1 aromatic heterocycles. The molecule has 0 spiro atoms. The fraction of sp³-hybridized carbons (Fsp3) is 0.304. The lowest BCUT2D eigenvalue weighted by molar-refractivity contribution is -0.123. The van der Waals surface area contributed by atoms with Crippen molar-refractivity contribution < 1.29 is 9.59 Å². The summed E-state index contributed by atoms with van der Waals surface area (Å²) in [5.41, 5.74) is 8.25. The highest BCUT2D eigenvalue weighted by molar-refractivity contribution is 6.31. The summed E-state index contributed by atoms with van der Waals surface area (Å²) in [4.78, 5) is 27.5. The summed E-state index contributed by atoms with van der Waals surface area (Å²) in [7, 11) is 0. The molecule has 0 bridgehead atoms. The van der Waals surface area contributed by atoms with Gasteiger partial charge in [0.05, 0.1) is 0 Å². The summed E-state index contributed by atoms with van der Waals surface area (Å²) >= 11 is 6.51. The van der Waals surface area contributed by atoms with Gasteiger partial charge in [-0.3, -0.25) is 4.79 Å². The van der Waals surface area contributed by atoms with Gasteiger partial charge in [0.2, 0.25) is 5.91 Å². The van der Waals surface area contributed by atoms with Gasteiger partial charge in [0.15, 0.2) is 0 Å². The van der Waals surface area contributed by atoms with Gasteiger partial charge < -0.3 is 21.4 Å². The Morgan fingerprint density at radius 3 is 2.47 bits per heavy atom. The van der Waals surface area contributed by atoms with Crippen molar-refractivity contribution in [3.05, 3.63) is 70.9 Å². The number of H-pyrrole nitrogens is 1. The molecule has 2 unspecified atom stereocenters. The average Bonchev–Trinajstić information content (AvgIpc) is 3.12. The van der Waals surface area contributed by atoms with Crippen LogP contribution < -0.4 is 16.4 Å². The molecule has 0 saturated carbocycles. The molecule has 1 heterocycles. The van der Waals surface area contributed by atoms with Crippen molar-refractivity contribution in [1.82, 2.24) is 15.6 Å². The predicted octanol–water partition coefficient (Wildman–Crippen LogP) is 4.15. The van der Waals surface area contributed by atoms with E-state index in [0.29, 0.717) is 18.0 Å². The topological polar surface area (TPSA) is 100 Å². The number of amides is 3. The Bertz CT molecular complexity index is 1030. The second-order valence-electron chi connectivity index (χ2n) is 7.80. The van der Waals surface area contributed by atoms with Crippen LogP contribution in [0.3, 0.4) is 0 Å². The van der Waals surface area contributed by atoms with Crippen molar-refractivity contribution in [2.75, 3.05) is 6.54 Å². The molecule has 3 aromatic rings. The van der Waals surface area contributed by atoms with Gasteiger partial charge in [-0.1, -0.05) is 61.8 Å². The van der Waals surface area contributed by atoms with Gasteiger partial charge in [-0.15, -0.1) is 0 Å². The van der Waals surface area contributed by atoms with E-state index in [1.165, 1.54) is 0 Å².